The molecule has 2 heterocycles. The number of aromatic nitrogens is 2. The highest BCUT2D eigenvalue weighted by molar-refractivity contribution is 8.01. The summed E-state index contributed by atoms with van der Waals surface area (Å²) in [4.78, 5) is 8.43. The lowest BCUT2D eigenvalue weighted by Gasteiger charge is -2.02. The second-order valence-corrected chi connectivity index (χ2v) is 4.78. The third kappa shape index (κ3) is 2.12. The number of hydrogen-bond acceptors (Lipinski definition) is 5. The Bertz CT molecular complexity index is 400. The summed E-state index contributed by atoms with van der Waals surface area (Å²) in [5.41, 5.74) is 6.42. The van der Waals surface area contributed by atoms with Crippen molar-refractivity contribution in [2.75, 3.05) is 0 Å². The van der Waals surface area contributed by atoms with Gasteiger partial charge in [-0.15, -0.1) is 11.3 Å². The fourth-order valence-corrected chi connectivity index (χ4v) is 2.75. The number of hydrogen-bond donors (Lipinski definition) is 1. The van der Waals surface area contributed by atoms with Crippen LogP contribution in [0.1, 0.15) is 5.69 Å². The summed E-state index contributed by atoms with van der Waals surface area (Å²) < 4.78 is 1.21. The molecule has 0 fully saturated rings. The summed E-state index contributed by atoms with van der Waals surface area (Å²) in [6, 6.07) is 4.08. The molecule has 5 heteroatoms. The first-order chi connectivity index (χ1) is 6.90. The Morgan fingerprint density at radius 1 is 1.36 bits per heavy atom. The van der Waals surface area contributed by atoms with Crippen molar-refractivity contribution in [3.05, 3.63) is 35.6 Å². The summed E-state index contributed by atoms with van der Waals surface area (Å²) in [6.45, 7) is 0.432. The van der Waals surface area contributed by atoms with Crippen LogP contribution in [0.15, 0.2) is 39.1 Å². The average molecular weight is 223 g/mol. The maximum Gasteiger partial charge on any atom is 0.124 e. The SMILES string of the molecule is NCc1nccnc1Sc1cccs1. The van der Waals surface area contributed by atoms with E-state index in [2.05, 4.69) is 16.0 Å². The van der Waals surface area contributed by atoms with E-state index in [0.717, 1.165) is 10.7 Å². The number of nitrogens with two attached hydrogens (primary N) is 1. The molecule has 0 aliphatic rings. The third-order valence-corrected chi connectivity index (χ3v) is 3.69. The Balaban J connectivity index is 2.24. The Kier molecular flexibility index (Phi) is 3.13. The van der Waals surface area contributed by atoms with E-state index in [1.54, 1.807) is 35.5 Å². The van der Waals surface area contributed by atoms with Gasteiger partial charge in [0.1, 0.15) is 5.03 Å². The Morgan fingerprint density at radius 2 is 2.21 bits per heavy atom. The molecule has 0 radical (unpaired) electrons. The molecule has 2 aromatic heterocycles. The highest BCUT2D eigenvalue weighted by Crippen LogP contribution is 2.30. The molecule has 2 aromatic rings. The second-order valence-electron chi connectivity index (χ2n) is 2.55. The lowest BCUT2D eigenvalue weighted by molar-refractivity contribution is 0.887. The summed E-state index contributed by atoms with van der Waals surface area (Å²) in [7, 11) is 0. The van der Waals surface area contributed by atoms with Crippen LogP contribution in [0.2, 0.25) is 0 Å². The molecule has 0 amide bonds. The van der Waals surface area contributed by atoms with Crippen molar-refractivity contribution in [3.8, 4) is 0 Å². The zero-order valence-corrected chi connectivity index (χ0v) is 9.02. The molecule has 0 aliphatic heterocycles. The van der Waals surface area contributed by atoms with Gasteiger partial charge < -0.3 is 5.73 Å². The molecule has 72 valence electrons. The molecule has 0 unspecified atom stereocenters. The van der Waals surface area contributed by atoms with Crippen molar-refractivity contribution in [1.29, 1.82) is 0 Å². The highest BCUT2D eigenvalue weighted by atomic mass is 32.2. The van der Waals surface area contributed by atoms with Gasteiger partial charge in [0, 0.05) is 18.9 Å². The smallest absolute Gasteiger partial charge is 0.124 e. The molecule has 0 bridgehead atoms. The van der Waals surface area contributed by atoms with Gasteiger partial charge in [0.05, 0.1) is 9.90 Å². The first-order valence-corrected chi connectivity index (χ1v) is 5.81. The zero-order valence-electron chi connectivity index (χ0n) is 7.38. The topological polar surface area (TPSA) is 51.8 Å². The minimum absolute atomic E-state index is 0.432. The van der Waals surface area contributed by atoms with Gasteiger partial charge in [-0.3, -0.25) is 4.98 Å². The van der Waals surface area contributed by atoms with Gasteiger partial charge in [-0.2, -0.15) is 0 Å². The van der Waals surface area contributed by atoms with Crippen molar-refractivity contribution in [2.24, 2.45) is 5.73 Å². The molecule has 0 saturated carbocycles. The van der Waals surface area contributed by atoms with Gasteiger partial charge >= 0.3 is 0 Å². The summed E-state index contributed by atoms with van der Waals surface area (Å²) in [5, 5.41) is 2.94. The van der Waals surface area contributed by atoms with E-state index in [0.29, 0.717) is 6.54 Å². The van der Waals surface area contributed by atoms with Crippen LogP contribution in [0.3, 0.4) is 0 Å². The average Bonchev–Trinajstić information content (AvgIpc) is 2.71. The summed E-state index contributed by atoms with van der Waals surface area (Å²) in [5.74, 6) is 0. The minimum atomic E-state index is 0.432. The van der Waals surface area contributed by atoms with Gasteiger partial charge in [-0.05, 0) is 11.4 Å². The molecular weight excluding hydrogens is 214 g/mol. The second kappa shape index (κ2) is 4.54. The predicted octanol–water partition coefficient (Wildman–Crippen LogP) is 2.15. The Hall–Kier alpha value is -0.910. The quantitative estimate of drug-likeness (QED) is 0.866. The minimum Gasteiger partial charge on any atom is -0.325 e. The molecule has 2 N–H and O–H groups in total. The van der Waals surface area contributed by atoms with Crippen LogP contribution in [0.5, 0.6) is 0 Å². The molecular formula is C9H9N3S2. The van der Waals surface area contributed by atoms with E-state index in [4.69, 9.17) is 5.73 Å². The number of rotatable bonds is 3. The normalized spacial score (nSPS) is 10.4. The first-order valence-electron chi connectivity index (χ1n) is 4.11. The van der Waals surface area contributed by atoms with Crippen LogP contribution >= 0.6 is 23.1 Å². The van der Waals surface area contributed by atoms with E-state index in [-0.39, 0.29) is 0 Å². The monoisotopic (exact) mass is 223 g/mol. The Morgan fingerprint density at radius 3 is 2.93 bits per heavy atom. The molecule has 0 atom stereocenters. The number of thiophene rings is 1. The van der Waals surface area contributed by atoms with Crippen molar-refractivity contribution in [3.63, 3.8) is 0 Å². The fourth-order valence-electron chi connectivity index (χ4n) is 0.996. The van der Waals surface area contributed by atoms with Crippen LogP contribution < -0.4 is 5.73 Å². The highest BCUT2D eigenvalue weighted by Gasteiger charge is 2.05. The lowest BCUT2D eigenvalue weighted by Crippen LogP contribution is -2.02. The van der Waals surface area contributed by atoms with Gasteiger partial charge in [-0.25, -0.2) is 4.98 Å². The van der Waals surface area contributed by atoms with Crippen molar-refractivity contribution in [2.45, 2.75) is 15.8 Å². The third-order valence-electron chi connectivity index (χ3n) is 1.62. The van der Waals surface area contributed by atoms with Crippen molar-refractivity contribution in [1.82, 2.24) is 9.97 Å². The molecule has 14 heavy (non-hydrogen) atoms. The van der Waals surface area contributed by atoms with E-state index < -0.39 is 0 Å². The molecule has 0 spiro atoms. The zero-order chi connectivity index (χ0) is 9.80. The first kappa shape index (κ1) is 9.64. The van der Waals surface area contributed by atoms with Crippen LogP contribution in [0, 0.1) is 0 Å². The van der Waals surface area contributed by atoms with Gasteiger partial charge in [0.15, 0.2) is 0 Å². The maximum atomic E-state index is 5.57. The van der Waals surface area contributed by atoms with E-state index in [9.17, 15) is 0 Å². The van der Waals surface area contributed by atoms with Crippen LogP contribution in [-0.4, -0.2) is 9.97 Å². The summed E-state index contributed by atoms with van der Waals surface area (Å²) >= 11 is 3.30. The van der Waals surface area contributed by atoms with Gasteiger partial charge in [0.25, 0.3) is 0 Å². The van der Waals surface area contributed by atoms with Crippen LogP contribution in [-0.2, 0) is 6.54 Å². The molecule has 2 rings (SSSR count). The standard InChI is InChI=1S/C9H9N3S2/c10-6-7-9(12-4-3-11-7)14-8-2-1-5-13-8/h1-5H,6,10H2. The fraction of sp³-hybridized carbons (Fsp3) is 0.111. The molecule has 0 aliphatic carbocycles. The van der Waals surface area contributed by atoms with Crippen molar-refractivity contribution < 1.29 is 0 Å². The maximum absolute atomic E-state index is 5.57. The predicted molar refractivity (Wildman–Crippen MR) is 58.4 cm³/mol. The van der Waals surface area contributed by atoms with E-state index in [1.807, 2.05) is 11.4 Å². The summed E-state index contributed by atoms with van der Waals surface area (Å²) in [6.07, 6.45) is 3.36. The van der Waals surface area contributed by atoms with Crippen LogP contribution in [0.25, 0.3) is 0 Å². The van der Waals surface area contributed by atoms with E-state index >= 15 is 0 Å². The van der Waals surface area contributed by atoms with Gasteiger partial charge in [0.2, 0.25) is 0 Å². The number of nitrogens with zero attached hydrogens (tertiary/aromatic N) is 2. The van der Waals surface area contributed by atoms with Gasteiger partial charge in [-0.1, -0.05) is 17.8 Å². The Labute approximate surface area is 90.4 Å². The molecule has 0 saturated heterocycles. The van der Waals surface area contributed by atoms with Crippen molar-refractivity contribution >= 4 is 23.1 Å². The molecule has 0 aromatic carbocycles. The van der Waals surface area contributed by atoms with E-state index in [1.165, 1.54) is 4.21 Å². The molecule has 3 nitrogen and oxygen atoms in total. The lowest BCUT2D eigenvalue weighted by atomic mass is 10.5. The van der Waals surface area contributed by atoms with Crippen LogP contribution in [0.4, 0.5) is 0 Å². The largest absolute Gasteiger partial charge is 0.325 e.